The minimum absolute atomic E-state index is 0.0760. The quantitative estimate of drug-likeness (QED) is 0.843. The minimum Gasteiger partial charge on any atom is -0.470 e. The topological polar surface area (TPSA) is 51.2 Å². The second-order valence-corrected chi connectivity index (χ2v) is 6.65. The number of nitrogens with zero attached hydrogens (tertiary/aromatic N) is 1. The summed E-state index contributed by atoms with van der Waals surface area (Å²) < 4.78 is 5.84. The Morgan fingerprint density at radius 3 is 2.73 bits per heavy atom. The maximum atomic E-state index is 12.1. The monoisotopic (exact) mass is 338 g/mol. The second-order valence-electron chi connectivity index (χ2n) is 5.31. The van der Waals surface area contributed by atoms with Crippen LogP contribution in [-0.2, 0) is 4.79 Å². The largest absolute Gasteiger partial charge is 0.470 e. The smallest absolute Gasteiger partial charge is 0.271 e. The van der Waals surface area contributed by atoms with Gasteiger partial charge in [-0.15, -0.1) is 11.8 Å². The van der Waals surface area contributed by atoms with Crippen molar-refractivity contribution in [3.63, 3.8) is 0 Å². The number of hydrogen-bond donors (Lipinski definition) is 1. The number of benzene rings is 1. The molecule has 2 aromatic rings. The first kappa shape index (κ1) is 16.9. The number of pyridine rings is 1. The highest BCUT2D eigenvalue weighted by Crippen LogP contribution is 2.27. The Morgan fingerprint density at radius 1 is 1.36 bits per heavy atom. The highest BCUT2D eigenvalue weighted by molar-refractivity contribution is 7.99. The van der Waals surface area contributed by atoms with Gasteiger partial charge in [0.25, 0.3) is 5.91 Å². The molecular weight excluding hydrogens is 320 g/mol. The third kappa shape index (κ3) is 4.05. The van der Waals surface area contributed by atoms with Crippen LogP contribution in [0.5, 0.6) is 5.75 Å². The van der Waals surface area contributed by atoms with Gasteiger partial charge < -0.3 is 10.1 Å². The van der Waals surface area contributed by atoms with Crippen molar-refractivity contribution < 1.29 is 9.53 Å². The molecule has 0 fully saturated rings. The van der Waals surface area contributed by atoms with Crippen LogP contribution in [0.2, 0.25) is 5.02 Å². The van der Waals surface area contributed by atoms with Gasteiger partial charge in [0.2, 0.25) is 5.44 Å². The van der Waals surface area contributed by atoms with Gasteiger partial charge in [0.1, 0.15) is 5.75 Å². The second kappa shape index (κ2) is 7.20. The predicted octanol–water partition coefficient (Wildman–Crippen LogP) is 3.79. The lowest BCUT2D eigenvalue weighted by molar-refractivity contribution is -0.124. The first-order valence-electron chi connectivity index (χ1n) is 6.96. The minimum atomic E-state index is -0.591. The summed E-state index contributed by atoms with van der Waals surface area (Å²) in [7, 11) is 0. The third-order valence-electron chi connectivity index (χ3n) is 3.02. The van der Waals surface area contributed by atoms with E-state index in [1.165, 1.54) is 11.8 Å². The molecule has 1 heterocycles. The lowest BCUT2D eigenvalue weighted by atomic mass is 10.1. The van der Waals surface area contributed by atoms with Gasteiger partial charge in [0.05, 0.1) is 10.5 Å². The molecule has 1 atom stereocenters. The Labute approximate surface area is 139 Å². The Balaban J connectivity index is 2.28. The number of carbonyl (C=O) groups is 1. The van der Waals surface area contributed by atoms with E-state index in [1.807, 2.05) is 45.2 Å². The number of amides is 1. The van der Waals surface area contributed by atoms with Crippen molar-refractivity contribution in [2.24, 2.45) is 0 Å². The highest BCUT2D eigenvalue weighted by atomic mass is 35.5. The summed E-state index contributed by atoms with van der Waals surface area (Å²) in [6, 6.07) is 5.65. The SMILES string of the molecule is CSC(Oc1cc(C)c2ncc(Cl)cc2c1)C(=O)NC(C)C. The number of ether oxygens (including phenoxy) is 1. The molecule has 4 nitrogen and oxygen atoms in total. The van der Waals surface area contributed by atoms with Crippen molar-refractivity contribution in [1.29, 1.82) is 0 Å². The number of halogens is 1. The van der Waals surface area contributed by atoms with E-state index in [4.69, 9.17) is 16.3 Å². The van der Waals surface area contributed by atoms with Gasteiger partial charge in [-0.3, -0.25) is 9.78 Å². The molecule has 1 amide bonds. The van der Waals surface area contributed by atoms with E-state index < -0.39 is 5.44 Å². The zero-order valence-electron chi connectivity index (χ0n) is 13.0. The normalized spacial score (nSPS) is 12.5. The summed E-state index contributed by atoms with van der Waals surface area (Å²) in [6.45, 7) is 5.80. The van der Waals surface area contributed by atoms with Crippen LogP contribution in [0.25, 0.3) is 10.9 Å². The molecule has 1 N–H and O–H groups in total. The summed E-state index contributed by atoms with van der Waals surface area (Å²) in [6.07, 6.45) is 3.47. The van der Waals surface area contributed by atoms with Gasteiger partial charge in [-0.05, 0) is 50.8 Å². The first-order valence-corrected chi connectivity index (χ1v) is 8.63. The molecule has 0 spiro atoms. The van der Waals surface area contributed by atoms with Crippen molar-refractivity contribution in [3.05, 3.63) is 35.0 Å². The van der Waals surface area contributed by atoms with Crippen LogP contribution in [0.4, 0.5) is 0 Å². The molecule has 6 heteroatoms. The van der Waals surface area contributed by atoms with E-state index in [-0.39, 0.29) is 11.9 Å². The number of fused-ring (bicyclic) bond motifs is 1. The Hall–Kier alpha value is -1.46. The van der Waals surface area contributed by atoms with E-state index in [1.54, 1.807) is 6.20 Å². The van der Waals surface area contributed by atoms with Crippen LogP contribution < -0.4 is 10.1 Å². The fourth-order valence-electron chi connectivity index (χ4n) is 2.12. The van der Waals surface area contributed by atoms with Crippen molar-refractivity contribution in [3.8, 4) is 5.75 Å². The molecule has 0 aliphatic carbocycles. The van der Waals surface area contributed by atoms with E-state index in [9.17, 15) is 4.79 Å². The van der Waals surface area contributed by atoms with Crippen LogP contribution >= 0.6 is 23.4 Å². The van der Waals surface area contributed by atoms with Crippen molar-refractivity contribution in [2.75, 3.05) is 6.26 Å². The number of aromatic nitrogens is 1. The predicted molar refractivity (Wildman–Crippen MR) is 92.7 cm³/mol. The summed E-state index contributed by atoms with van der Waals surface area (Å²) >= 11 is 7.35. The van der Waals surface area contributed by atoms with E-state index >= 15 is 0 Å². The Kier molecular flexibility index (Phi) is 5.53. The molecule has 0 bridgehead atoms. The van der Waals surface area contributed by atoms with E-state index in [0.29, 0.717) is 10.8 Å². The highest BCUT2D eigenvalue weighted by Gasteiger charge is 2.20. The average molecular weight is 339 g/mol. The molecule has 0 aliphatic heterocycles. The first-order chi connectivity index (χ1) is 10.4. The molecule has 0 aliphatic rings. The summed E-state index contributed by atoms with van der Waals surface area (Å²) in [5.74, 6) is 0.497. The molecule has 0 radical (unpaired) electrons. The van der Waals surface area contributed by atoms with E-state index in [0.717, 1.165) is 16.5 Å². The maximum absolute atomic E-state index is 12.1. The molecule has 1 aromatic heterocycles. The van der Waals surface area contributed by atoms with Gasteiger partial charge in [-0.1, -0.05) is 11.6 Å². The van der Waals surface area contributed by atoms with Gasteiger partial charge >= 0.3 is 0 Å². The molecule has 1 aromatic carbocycles. The third-order valence-corrected chi connectivity index (χ3v) is 3.96. The van der Waals surface area contributed by atoms with Gasteiger partial charge in [0.15, 0.2) is 0 Å². The number of carbonyl (C=O) groups excluding carboxylic acids is 1. The van der Waals surface area contributed by atoms with Crippen LogP contribution in [0.3, 0.4) is 0 Å². The van der Waals surface area contributed by atoms with Crippen LogP contribution in [0.1, 0.15) is 19.4 Å². The van der Waals surface area contributed by atoms with Crippen molar-refractivity contribution in [1.82, 2.24) is 10.3 Å². The number of nitrogens with one attached hydrogen (secondary N) is 1. The Bertz CT molecular complexity index is 691. The lowest BCUT2D eigenvalue weighted by Crippen LogP contribution is -2.39. The molecule has 1 unspecified atom stereocenters. The molecule has 0 saturated heterocycles. The number of hydrogen-bond acceptors (Lipinski definition) is 4. The molecule has 118 valence electrons. The van der Waals surface area contributed by atoms with Crippen molar-refractivity contribution >= 4 is 40.2 Å². The zero-order valence-corrected chi connectivity index (χ0v) is 14.6. The molecule has 22 heavy (non-hydrogen) atoms. The molecule has 2 rings (SSSR count). The van der Waals surface area contributed by atoms with Gasteiger partial charge in [-0.25, -0.2) is 0 Å². The van der Waals surface area contributed by atoms with Gasteiger partial charge in [0, 0.05) is 17.6 Å². The van der Waals surface area contributed by atoms with E-state index in [2.05, 4.69) is 10.3 Å². The maximum Gasteiger partial charge on any atom is 0.271 e. The molecular formula is C16H19ClN2O2S. The van der Waals surface area contributed by atoms with Crippen LogP contribution in [-0.4, -0.2) is 28.6 Å². The summed E-state index contributed by atoms with van der Waals surface area (Å²) in [5.41, 5.74) is 1.27. The fourth-order valence-corrected chi connectivity index (χ4v) is 2.78. The molecule has 0 saturated carbocycles. The van der Waals surface area contributed by atoms with Gasteiger partial charge in [-0.2, -0.15) is 0 Å². The lowest BCUT2D eigenvalue weighted by Gasteiger charge is -2.19. The number of thioether (sulfide) groups is 1. The standard InChI is InChI=1S/C16H19ClN2O2S/c1-9(2)19-15(20)16(22-4)21-13-5-10(3)14-11(7-13)6-12(17)8-18-14/h5-9,16H,1-4H3,(H,19,20). The summed E-state index contributed by atoms with van der Waals surface area (Å²) in [4.78, 5) is 16.4. The number of rotatable bonds is 5. The van der Waals surface area contributed by atoms with Crippen molar-refractivity contribution in [2.45, 2.75) is 32.2 Å². The van der Waals surface area contributed by atoms with Crippen LogP contribution in [0.15, 0.2) is 24.4 Å². The number of aryl methyl sites for hydroxylation is 1. The fraction of sp³-hybridized carbons (Fsp3) is 0.375. The average Bonchev–Trinajstić information content (AvgIpc) is 2.43. The zero-order chi connectivity index (χ0) is 16.3. The van der Waals surface area contributed by atoms with Crippen LogP contribution in [0, 0.1) is 6.92 Å². The summed E-state index contributed by atoms with van der Waals surface area (Å²) in [5, 5.41) is 4.32. The Morgan fingerprint density at radius 2 is 2.09 bits per heavy atom.